The molecular weight excluding hydrogens is 460 g/mol. The number of amidine groups is 1. The van der Waals surface area contributed by atoms with Crippen molar-refractivity contribution >= 4 is 29.2 Å². The molecule has 0 fully saturated rings. The van der Waals surface area contributed by atoms with Gasteiger partial charge < -0.3 is 25.0 Å². The molecule has 0 atom stereocenters. The zero-order chi connectivity index (χ0) is 26.2. The number of aliphatic carboxylic acids is 1. The van der Waals surface area contributed by atoms with E-state index in [0.717, 1.165) is 23.2 Å². The summed E-state index contributed by atoms with van der Waals surface area (Å²) in [6, 6.07) is 8.88. The van der Waals surface area contributed by atoms with Crippen molar-refractivity contribution < 1.29 is 24.2 Å². The Morgan fingerprint density at radius 1 is 1.14 bits per heavy atom. The van der Waals surface area contributed by atoms with Crippen LogP contribution in [0.2, 0.25) is 0 Å². The molecule has 190 valence electrons. The first-order chi connectivity index (χ1) is 17.1. The van der Waals surface area contributed by atoms with Gasteiger partial charge >= 0.3 is 5.97 Å². The smallest absolute Gasteiger partial charge is 0.323 e. The molecule has 2 aliphatic rings. The fourth-order valence-corrected chi connectivity index (χ4v) is 4.94. The van der Waals surface area contributed by atoms with Gasteiger partial charge in [-0.2, -0.15) is 0 Å². The normalized spacial score (nSPS) is 15.8. The second-order valence-electron chi connectivity index (χ2n) is 9.83. The zero-order valence-corrected chi connectivity index (χ0v) is 21.1. The molecule has 0 unspecified atom stereocenters. The van der Waals surface area contributed by atoms with Gasteiger partial charge in [0.2, 0.25) is 0 Å². The molecule has 2 aromatic carbocycles. The second kappa shape index (κ2) is 9.64. The number of ether oxygens (including phenoxy) is 1. The zero-order valence-electron chi connectivity index (χ0n) is 21.1. The Hall–Kier alpha value is -3.88. The topological polar surface area (TPSA) is 123 Å². The fraction of sp³-hybridized carbons (Fsp3) is 0.407. The van der Waals surface area contributed by atoms with Crippen LogP contribution < -0.4 is 15.0 Å². The highest BCUT2D eigenvalue weighted by Gasteiger charge is 2.33. The van der Waals surface area contributed by atoms with Gasteiger partial charge in [-0.3, -0.25) is 19.8 Å². The lowest BCUT2D eigenvalue weighted by atomic mass is 9.77. The fourth-order valence-electron chi connectivity index (χ4n) is 4.94. The standard InChI is InChI=1S/C27H32N4O5/c1-5-36-23-11-17-13-31(25(28)18(17)12-19(23)26(35)29-4)14-22(32)16-6-7-21-20(10-16)27(2,3)8-9-30(21)15-24(33)34/h6-7,10-12,28H,5,8-9,13-15H2,1-4H3,(H,29,35)(H,33,34). The first-order valence-electron chi connectivity index (χ1n) is 12.1. The van der Waals surface area contributed by atoms with Gasteiger partial charge in [0.15, 0.2) is 5.78 Å². The molecule has 0 saturated heterocycles. The van der Waals surface area contributed by atoms with Crippen molar-refractivity contribution in [2.45, 2.75) is 39.2 Å². The maximum absolute atomic E-state index is 13.3. The van der Waals surface area contributed by atoms with Gasteiger partial charge in [0.25, 0.3) is 5.91 Å². The van der Waals surface area contributed by atoms with Gasteiger partial charge in [0, 0.05) is 37.0 Å². The number of amides is 1. The Balaban J connectivity index is 1.58. The average Bonchev–Trinajstić information content (AvgIpc) is 3.13. The maximum Gasteiger partial charge on any atom is 0.323 e. The largest absolute Gasteiger partial charge is 0.493 e. The van der Waals surface area contributed by atoms with Gasteiger partial charge in [-0.25, -0.2) is 0 Å². The second-order valence-corrected chi connectivity index (χ2v) is 9.83. The lowest BCUT2D eigenvalue weighted by Gasteiger charge is -2.39. The number of nitrogens with zero attached hydrogens (tertiary/aromatic N) is 2. The number of carboxylic acids is 1. The van der Waals surface area contributed by atoms with Crippen molar-refractivity contribution in [2.75, 3.05) is 38.2 Å². The number of hydrogen-bond donors (Lipinski definition) is 3. The number of ketones is 1. The van der Waals surface area contributed by atoms with Crippen molar-refractivity contribution in [3.05, 3.63) is 58.1 Å². The molecule has 2 heterocycles. The third-order valence-electron chi connectivity index (χ3n) is 6.97. The summed E-state index contributed by atoms with van der Waals surface area (Å²) < 4.78 is 5.65. The number of Topliss-reactive ketones (excluding diaryl/α,β-unsaturated/α-hetero) is 1. The third-order valence-corrected chi connectivity index (χ3v) is 6.97. The minimum Gasteiger partial charge on any atom is -0.493 e. The van der Waals surface area contributed by atoms with Crippen LogP contribution in [-0.2, 0) is 16.8 Å². The molecule has 9 heteroatoms. The Bertz CT molecular complexity index is 1250. The monoisotopic (exact) mass is 492 g/mol. The number of carbonyl (C=O) groups excluding carboxylic acids is 2. The van der Waals surface area contributed by atoms with E-state index in [1.165, 1.54) is 0 Å². The van der Waals surface area contributed by atoms with Crippen LogP contribution in [-0.4, -0.2) is 66.8 Å². The molecule has 0 saturated carbocycles. The number of anilines is 1. The summed E-state index contributed by atoms with van der Waals surface area (Å²) >= 11 is 0. The predicted octanol–water partition coefficient (Wildman–Crippen LogP) is 3.04. The molecule has 3 N–H and O–H groups in total. The maximum atomic E-state index is 13.3. The number of rotatable bonds is 8. The van der Waals surface area contributed by atoms with E-state index in [1.54, 1.807) is 30.1 Å². The van der Waals surface area contributed by atoms with Crippen LogP contribution in [0.15, 0.2) is 30.3 Å². The first-order valence-corrected chi connectivity index (χ1v) is 12.1. The molecule has 0 aromatic heterocycles. The van der Waals surface area contributed by atoms with Crippen LogP contribution in [0.25, 0.3) is 0 Å². The molecular formula is C27H32N4O5. The first kappa shape index (κ1) is 25.2. The van der Waals surface area contributed by atoms with Gasteiger partial charge in [-0.15, -0.1) is 0 Å². The highest BCUT2D eigenvalue weighted by Crippen LogP contribution is 2.40. The number of benzene rings is 2. The summed E-state index contributed by atoms with van der Waals surface area (Å²) in [5, 5.41) is 20.5. The molecule has 0 radical (unpaired) electrons. The highest BCUT2D eigenvalue weighted by atomic mass is 16.5. The van der Waals surface area contributed by atoms with E-state index in [0.29, 0.717) is 42.1 Å². The molecule has 1 amide bonds. The Morgan fingerprint density at radius 3 is 2.56 bits per heavy atom. The van der Waals surface area contributed by atoms with E-state index >= 15 is 0 Å². The van der Waals surface area contributed by atoms with Gasteiger partial charge in [-0.1, -0.05) is 13.8 Å². The number of hydrogen-bond acceptors (Lipinski definition) is 6. The summed E-state index contributed by atoms with van der Waals surface area (Å²) in [4.78, 5) is 40.5. The lowest BCUT2D eigenvalue weighted by molar-refractivity contribution is -0.135. The number of carbonyl (C=O) groups is 3. The van der Waals surface area contributed by atoms with E-state index in [4.69, 9.17) is 10.1 Å². The van der Waals surface area contributed by atoms with Crippen molar-refractivity contribution in [1.29, 1.82) is 5.41 Å². The van der Waals surface area contributed by atoms with Crippen LogP contribution in [0.5, 0.6) is 5.75 Å². The van der Waals surface area contributed by atoms with Crippen molar-refractivity contribution in [3.63, 3.8) is 0 Å². The minimum atomic E-state index is -0.889. The molecule has 0 aliphatic carbocycles. The average molecular weight is 493 g/mol. The SMILES string of the molecule is CCOc1cc2c(cc1C(=O)NC)C(=N)N(CC(=O)c1ccc3c(c1)C(C)(C)CCN3CC(=O)O)C2. The molecule has 0 spiro atoms. The molecule has 36 heavy (non-hydrogen) atoms. The van der Waals surface area contributed by atoms with E-state index < -0.39 is 5.97 Å². The Labute approximate surface area is 210 Å². The lowest BCUT2D eigenvalue weighted by Crippen LogP contribution is -2.40. The number of nitrogens with one attached hydrogen (secondary N) is 2. The van der Waals surface area contributed by atoms with Crippen molar-refractivity contribution in [2.24, 2.45) is 0 Å². The summed E-state index contributed by atoms with van der Waals surface area (Å²) in [5.41, 5.74) is 3.94. The van der Waals surface area contributed by atoms with Crippen LogP contribution in [0, 0.1) is 5.41 Å². The molecule has 0 bridgehead atoms. The number of fused-ring (bicyclic) bond motifs is 2. The molecule has 9 nitrogen and oxygen atoms in total. The van der Waals surface area contributed by atoms with Gasteiger partial charge in [0.05, 0.1) is 18.7 Å². The third kappa shape index (κ3) is 4.65. The van der Waals surface area contributed by atoms with Crippen molar-refractivity contribution in [3.8, 4) is 5.75 Å². The van der Waals surface area contributed by atoms with Crippen LogP contribution in [0.3, 0.4) is 0 Å². The summed E-state index contributed by atoms with van der Waals surface area (Å²) in [6.07, 6.45) is 0.785. The number of carboxylic acid groups (broad SMARTS) is 1. The minimum absolute atomic E-state index is 0.0187. The molecule has 2 aromatic rings. The van der Waals surface area contributed by atoms with E-state index in [2.05, 4.69) is 19.2 Å². The van der Waals surface area contributed by atoms with E-state index in [9.17, 15) is 19.5 Å². The quantitative estimate of drug-likeness (QED) is 0.484. The summed E-state index contributed by atoms with van der Waals surface area (Å²) in [6.45, 7) is 7.40. The van der Waals surface area contributed by atoms with Crippen LogP contribution in [0.1, 0.15) is 64.6 Å². The Morgan fingerprint density at radius 2 is 1.89 bits per heavy atom. The molecule has 4 rings (SSSR count). The Kier molecular flexibility index (Phi) is 6.75. The van der Waals surface area contributed by atoms with Crippen LogP contribution >= 0.6 is 0 Å². The van der Waals surface area contributed by atoms with Crippen LogP contribution in [0.4, 0.5) is 5.69 Å². The van der Waals surface area contributed by atoms with Crippen molar-refractivity contribution in [1.82, 2.24) is 10.2 Å². The summed E-state index contributed by atoms with van der Waals surface area (Å²) in [5.74, 6) is -0.660. The van der Waals surface area contributed by atoms with Gasteiger partial charge in [0.1, 0.15) is 18.1 Å². The summed E-state index contributed by atoms with van der Waals surface area (Å²) in [7, 11) is 1.54. The van der Waals surface area contributed by atoms with E-state index in [-0.39, 0.29) is 36.0 Å². The predicted molar refractivity (Wildman–Crippen MR) is 137 cm³/mol. The van der Waals surface area contributed by atoms with E-state index in [1.807, 2.05) is 24.0 Å². The highest BCUT2D eigenvalue weighted by molar-refractivity contribution is 6.07. The molecule has 2 aliphatic heterocycles. The van der Waals surface area contributed by atoms with Gasteiger partial charge in [-0.05, 0) is 60.2 Å².